The van der Waals surface area contributed by atoms with Crippen molar-refractivity contribution in [3.05, 3.63) is 57.3 Å². The first-order chi connectivity index (χ1) is 19.5. The van der Waals surface area contributed by atoms with Crippen molar-refractivity contribution in [3.63, 3.8) is 0 Å². The van der Waals surface area contributed by atoms with Crippen molar-refractivity contribution >= 4 is 58.1 Å². The van der Waals surface area contributed by atoms with Crippen LogP contribution >= 0.6 is 23.1 Å². The van der Waals surface area contributed by atoms with Crippen molar-refractivity contribution in [2.45, 2.75) is 12.4 Å². The van der Waals surface area contributed by atoms with Gasteiger partial charge in [0.25, 0.3) is 0 Å². The number of aromatic carboxylic acids is 2. The Hall–Kier alpha value is -3.81. The molecule has 0 radical (unpaired) electrons. The minimum atomic E-state index is -4.67. The van der Waals surface area contributed by atoms with Crippen molar-refractivity contribution in [2.24, 2.45) is 0 Å². The van der Waals surface area contributed by atoms with Crippen LogP contribution in [0.5, 0.6) is 23.0 Å². The maximum atomic E-state index is 12.9. The van der Waals surface area contributed by atoms with Gasteiger partial charge in [-0.1, -0.05) is 11.5 Å². The van der Waals surface area contributed by atoms with Crippen LogP contribution in [0.15, 0.2) is 36.4 Å². The molecule has 4 aromatic rings. The maximum Gasteiger partial charge on any atom is 2.00 e. The second-order valence-corrected chi connectivity index (χ2v) is 9.36. The van der Waals surface area contributed by atoms with Crippen LogP contribution in [-0.4, -0.2) is 68.2 Å². The first-order valence-corrected chi connectivity index (χ1v) is 12.4. The average molecular weight is 661 g/mol. The Morgan fingerprint density at radius 3 is 1.28 bits per heavy atom. The summed E-state index contributed by atoms with van der Waals surface area (Å²) in [7, 11) is 2.18. The van der Waals surface area contributed by atoms with E-state index < -0.39 is 68.2 Å². The van der Waals surface area contributed by atoms with E-state index in [0.29, 0.717) is 35.2 Å². The molecule has 0 saturated carbocycles. The van der Waals surface area contributed by atoms with Gasteiger partial charge in [0.15, 0.2) is 0 Å². The van der Waals surface area contributed by atoms with E-state index in [1.165, 1.54) is 12.1 Å². The fourth-order valence-corrected chi connectivity index (χ4v) is 4.61. The van der Waals surface area contributed by atoms with Gasteiger partial charge in [0, 0.05) is 11.1 Å². The van der Waals surface area contributed by atoms with Gasteiger partial charge < -0.3 is 29.9 Å². The van der Waals surface area contributed by atoms with E-state index in [4.69, 9.17) is 10.2 Å². The Morgan fingerprint density at radius 1 is 0.721 bits per heavy atom. The molecule has 0 bridgehead atoms. The quantitative estimate of drug-likeness (QED) is 0.216. The molecule has 0 unspecified atom stereocenters. The minimum absolute atomic E-state index is 0. The fraction of sp³-hybridized carbons (Fsp3) is 0.167. The first-order valence-electron chi connectivity index (χ1n) is 10.8. The van der Waals surface area contributed by atoms with Crippen LogP contribution in [-0.2, 0) is 12.4 Å². The summed E-state index contributed by atoms with van der Waals surface area (Å²) in [6.45, 7) is 0. The molecule has 2 aromatic heterocycles. The van der Waals surface area contributed by atoms with E-state index in [1.54, 1.807) is 0 Å². The number of hydrogen-bond donors (Lipinski definition) is 2. The molecule has 224 valence electrons. The average Bonchev–Trinajstić information content (AvgIpc) is 3.49. The second-order valence-electron chi connectivity index (χ2n) is 7.81. The number of methoxy groups -OCH3 is 2. The molecule has 0 saturated heterocycles. The smallest absolute Gasteiger partial charge is 0.870 e. The zero-order chi connectivity index (χ0) is 31.6. The molecule has 4 rings (SSSR count). The van der Waals surface area contributed by atoms with Crippen molar-refractivity contribution in [2.75, 3.05) is 14.2 Å². The van der Waals surface area contributed by atoms with Gasteiger partial charge in [-0.05, 0) is 59.5 Å². The number of ether oxygens (including phenoxy) is 2. The third-order valence-corrected chi connectivity index (χ3v) is 6.88. The summed E-state index contributed by atoms with van der Waals surface area (Å²) >= 11 is 0.856. The Balaban J connectivity index is 0.000000293. The largest absolute Gasteiger partial charge is 2.00 e. The summed E-state index contributed by atoms with van der Waals surface area (Å²) in [5.74, 6) is -5.54. The van der Waals surface area contributed by atoms with Crippen LogP contribution in [0.1, 0.15) is 30.5 Å². The predicted octanol–water partition coefficient (Wildman–Crippen LogP) is 4.84. The van der Waals surface area contributed by atoms with Gasteiger partial charge >= 0.3 is 47.3 Å². The van der Waals surface area contributed by atoms with Crippen molar-refractivity contribution < 1.29 is 65.8 Å². The monoisotopic (exact) mass is 660 g/mol. The second kappa shape index (κ2) is 13.7. The molecule has 0 aliphatic heterocycles. The molecule has 0 aliphatic rings. The molecular weight excluding hydrogens is 647 g/mol. The number of hydrogen-bond acceptors (Lipinski definition) is 10. The molecule has 43 heavy (non-hydrogen) atoms. The first kappa shape index (κ1) is 35.4. The Bertz CT molecular complexity index is 1520. The van der Waals surface area contributed by atoms with Crippen molar-refractivity contribution in [3.8, 4) is 45.5 Å². The van der Waals surface area contributed by atoms with Gasteiger partial charge in [0.1, 0.15) is 21.3 Å². The number of aromatic nitrogens is 2. The molecule has 0 amide bonds. The standard InChI is InChI=1S/2C12H8F3NO4S.Mg/c2*1-20-7-3-2-5(4-6(7)12(13,14)15)8-9(17)10(11(18)19)21-16-8;/h2*2-4,17H,1H3,(H,18,19);/q;;+2/p-2. The van der Waals surface area contributed by atoms with Crippen molar-refractivity contribution in [1.29, 1.82) is 0 Å². The van der Waals surface area contributed by atoms with Gasteiger partial charge in [-0.25, -0.2) is 9.59 Å². The van der Waals surface area contributed by atoms with Crippen LogP contribution in [0.2, 0.25) is 0 Å². The van der Waals surface area contributed by atoms with Crippen LogP contribution in [0.3, 0.4) is 0 Å². The molecule has 2 heterocycles. The van der Waals surface area contributed by atoms with E-state index in [0.717, 1.165) is 26.4 Å². The number of carbonyl (C=O) groups is 2. The molecule has 19 heteroatoms. The molecule has 2 aromatic carbocycles. The third-order valence-electron chi connectivity index (χ3n) is 5.24. The number of nitrogens with zero attached hydrogens (tertiary/aromatic N) is 2. The molecular formula is C24H14F6MgN2O8S2. The summed E-state index contributed by atoms with van der Waals surface area (Å²) < 4.78 is 93.9. The Labute approximate surface area is 261 Å². The summed E-state index contributed by atoms with van der Waals surface area (Å²) in [5, 5.41) is 41.1. The number of rotatable bonds is 6. The van der Waals surface area contributed by atoms with E-state index in [2.05, 4.69) is 18.2 Å². The SMILES string of the molecule is COc1ccc(-c2nsc(C(=O)O)c2[O-])cc1C(F)(F)F.COc1ccc(-c2nsc(C(=O)O)c2[O-])cc1C(F)(F)F.[Mg+2]. The molecule has 0 atom stereocenters. The Kier molecular flexibility index (Phi) is 11.2. The zero-order valence-electron chi connectivity index (χ0n) is 21.5. The van der Waals surface area contributed by atoms with Crippen molar-refractivity contribution in [1.82, 2.24) is 8.75 Å². The topological polar surface area (TPSA) is 165 Å². The number of halogens is 6. The zero-order valence-corrected chi connectivity index (χ0v) is 24.5. The van der Waals surface area contributed by atoms with E-state index in [1.807, 2.05) is 0 Å². The number of alkyl halides is 6. The van der Waals surface area contributed by atoms with Crippen LogP contribution in [0, 0.1) is 0 Å². The van der Waals surface area contributed by atoms with Gasteiger partial charge in [0.2, 0.25) is 0 Å². The van der Waals surface area contributed by atoms with Gasteiger partial charge in [0.05, 0.1) is 36.7 Å². The maximum absolute atomic E-state index is 12.9. The third kappa shape index (κ3) is 7.78. The van der Waals surface area contributed by atoms with Crippen LogP contribution in [0.25, 0.3) is 22.5 Å². The van der Waals surface area contributed by atoms with E-state index in [9.17, 15) is 46.1 Å². The van der Waals surface area contributed by atoms with E-state index in [-0.39, 0.29) is 45.6 Å². The minimum Gasteiger partial charge on any atom is -0.870 e. The fourth-order valence-electron chi connectivity index (χ4n) is 3.36. The van der Waals surface area contributed by atoms with Gasteiger partial charge in [-0.2, -0.15) is 35.1 Å². The molecule has 2 N–H and O–H groups in total. The summed E-state index contributed by atoms with van der Waals surface area (Å²) in [4.78, 5) is 20.4. The summed E-state index contributed by atoms with van der Waals surface area (Å²) in [6.07, 6.45) is -9.34. The normalized spacial score (nSPS) is 11.2. The Morgan fingerprint density at radius 2 is 1.05 bits per heavy atom. The summed E-state index contributed by atoms with van der Waals surface area (Å²) in [5.41, 5.74) is -3.01. The molecule has 0 fully saturated rings. The van der Waals surface area contributed by atoms with Gasteiger partial charge in [-0.3, -0.25) is 0 Å². The van der Waals surface area contributed by atoms with Crippen LogP contribution in [0.4, 0.5) is 26.3 Å². The summed E-state index contributed by atoms with van der Waals surface area (Å²) in [6, 6.07) is 5.96. The number of carboxylic acids is 2. The van der Waals surface area contributed by atoms with Crippen LogP contribution < -0.4 is 19.7 Å². The molecule has 10 nitrogen and oxygen atoms in total. The molecule has 0 spiro atoms. The van der Waals surface area contributed by atoms with E-state index >= 15 is 0 Å². The molecule has 0 aliphatic carbocycles. The predicted molar refractivity (Wildman–Crippen MR) is 137 cm³/mol. The number of carboxylic acid groups (broad SMARTS) is 2. The van der Waals surface area contributed by atoms with Gasteiger partial charge in [-0.15, -0.1) is 0 Å². The number of benzene rings is 2.